The molecule has 0 aliphatic carbocycles. The molecule has 2 N–H and O–H groups in total. The van der Waals surface area contributed by atoms with Gasteiger partial charge in [-0.2, -0.15) is 5.10 Å². The lowest BCUT2D eigenvalue weighted by molar-refractivity contribution is 0.445. The molecule has 0 aliphatic heterocycles. The lowest BCUT2D eigenvalue weighted by atomic mass is 10.1. The first kappa shape index (κ1) is 11.5. The Bertz CT molecular complexity index is 526. The third kappa shape index (κ3) is 2.60. The van der Waals surface area contributed by atoms with Crippen LogP contribution in [-0.2, 0) is 6.54 Å². The van der Waals surface area contributed by atoms with Crippen molar-refractivity contribution in [1.29, 1.82) is 0 Å². The van der Waals surface area contributed by atoms with Crippen molar-refractivity contribution in [2.45, 2.75) is 20.4 Å². The Labute approximate surface area is 100 Å². The van der Waals surface area contributed by atoms with E-state index in [0.29, 0.717) is 12.4 Å². The maximum absolute atomic E-state index is 5.76. The highest BCUT2D eigenvalue weighted by Gasteiger charge is 2.07. The van der Waals surface area contributed by atoms with Gasteiger partial charge in [-0.05, 0) is 37.1 Å². The van der Waals surface area contributed by atoms with Crippen molar-refractivity contribution < 1.29 is 4.74 Å². The molecule has 1 aromatic carbocycles. The normalized spacial score (nSPS) is 10.3. The summed E-state index contributed by atoms with van der Waals surface area (Å²) in [6, 6.07) is 7.85. The van der Waals surface area contributed by atoms with E-state index in [0.717, 1.165) is 22.4 Å². The summed E-state index contributed by atoms with van der Waals surface area (Å²) in [6.45, 7) is 4.40. The molecule has 0 saturated heterocycles. The highest BCUT2D eigenvalue weighted by atomic mass is 16.5. The van der Waals surface area contributed by atoms with Crippen molar-refractivity contribution in [2.75, 3.05) is 0 Å². The number of hydrogen-bond acceptors (Lipinski definition) is 4. The number of aromatic nitrogens is 2. The van der Waals surface area contributed by atoms with E-state index in [2.05, 4.69) is 10.2 Å². The lowest BCUT2D eigenvalue weighted by Gasteiger charge is -2.10. The van der Waals surface area contributed by atoms with Crippen molar-refractivity contribution in [1.82, 2.24) is 10.2 Å². The predicted molar refractivity (Wildman–Crippen MR) is 65.9 cm³/mol. The van der Waals surface area contributed by atoms with Crippen LogP contribution in [0.5, 0.6) is 11.6 Å². The number of aryl methyl sites for hydroxylation is 2. The van der Waals surface area contributed by atoms with E-state index in [4.69, 9.17) is 10.5 Å². The van der Waals surface area contributed by atoms with Gasteiger partial charge in [-0.25, -0.2) is 0 Å². The van der Waals surface area contributed by atoms with Crippen molar-refractivity contribution in [3.8, 4) is 11.6 Å². The molecule has 0 radical (unpaired) electrons. The highest BCUT2D eigenvalue weighted by Crippen LogP contribution is 2.26. The quantitative estimate of drug-likeness (QED) is 0.877. The molecule has 0 saturated carbocycles. The van der Waals surface area contributed by atoms with Crippen LogP contribution in [0.4, 0.5) is 0 Å². The van der Waals surface area contributed by atoms with Crippen LogP contribution in [-0.4, -0.2) is 10.2 Å². The van der Waals surface area contributed by atoms with E-state index >= 15 is 0 Å². The minimum atomic E-state index is 0.385. The number of nitrogens with zero attached hydrogens (tertiary/aromatic N) is 2. The van der Waals surface area contributed by atoms with Gasteiger partial charge in [0, 0.05) is 12.1 Å². The van der Waals surface area contributed by atoms with Gasteiger partial charge in [-0.1, -0.05) is 12.1 Å². The molecule has 17 heavy (non-hydrogen) atoms. The second kappa shape index (κ2) is 4.93. The number of rotatable bonds is 3. The lowest BCUT2D eigenvalue weighted by Crippen LogP contribution is -2.02. The Morgan fingerprint density at radius 1 is 1.24 bits per heavy atom. The summed E-state index contributed by atoms with van der Waals surface area (Å²) in [4.78, 5) is 0. The van der Waals surface area contributed by atoms with Gasteiger partial charge in [-0.15, -0.1) is 5.10 Å². The second-order valence-corrected chi connectivity index (χ2v) is 3.94. The Balaban J connectivity index is 2.34. The van der Waals surface area contributed by atoms with Crippen molar-refractivity contribution in [2.24, 2.45) is 5.73 Å². The summed E-state index contributed by atoms with van der Waals surface area (Å²) in [5.74, 6) is 1.27. The van der Waals surface area contributed by atoms with Crippen molar-refractivity contribution in [3.05, 3.63) is 47.2 Å². The van der Waals surface area contributed by atoms with Gasteiger partial charge < -0.3 is 10.5 Å². The summed E-state index contributed by atoms with van der Waals surface area (Å²) in [5, 5.41) is 7.77. The molecule has 0 bridgehead atoms. The fourth-order valence-electron chi connectivity index (χ4n) is 1.51. The fourth-order valence-corrected chi connectivity index (χ4v) is 1.51. The van der Waals surface area contributed by atoms with Crippen LogP contribution in [0.15, 0.2) is 30.5 Å². The molecule has 2 rings (SSSR count). The van der Waals surface area contributed by atoms with Crippen LogP contribution >= 0.6 is 0 Å². The Morgan fingerprint density at radius 3 is 2.82 bits per heavy atom. The van der Waals surface area contributed by atoms with Gasteiger partial charge >= 0.3 is 0 Å². The minimum absolute atomic E-state index is 0.385. The third-order valence-corrected chi connectivity index (χ3v) is 2.54. The molecule has 0 aliphatic rings. The van der Waals surface area contributed by atoms with Crippen LogP contribution in [0.2, 0.25) is 0 Å². The van der Waals surface area contributed by atoms with Crippen LogP contribution in [0.3, 0.4) is 0 Å². The first-order chi connectivity index (χ1) is 8.20. The number of ether oxygens (including phenoxy) is 1. The van der Waals surface area contributed by atoms with Crippen LogP contribution in [0.1, 0.15) is 16.7 Å². The zero-order valence-electron chi connectivity index (χ0n) is 9.97. The standard InChI is InChI=1S/C13H15N3O/c1-9-3-4-10(2)12(7-9)17-13-11(8-14)5-6-15-16-13/h3-7H,8,14H2,1-2H3. The van der Waals surface area contributed by atoms with E-state index in [1.54, 1.807) is 6.20 Å². The molecule has 1 aromatic heterocycles. The van der Waals surface area contributed by atoms with E-state index in [9.17, 15) is 0 Å². The van der Waals surface area contributed by atoms with Crippen LogP contribution in [0.25, 0.3) is 0 Å². The molecule has 0 atom stereocenters. The molecule has 4 heteroatoms. The molecule has 0 unspecified atom stereocenters. The van der Waals surface area contributed by atoms with Crippen molar-refractivity contribution >= 4 is 0 Å². The molecular weight excluding hydrogens is 214 g/mol. The van der Waals surface area contributed by atoms with E-state index < -0.39 is 0 Å². The average molecular weight is 229 g/mol. The molecule has 0 amide bonds. The molecule has 0 fully saturated rings. The molecule has 0 spiro atoms. The smallest absolute Gasteiger partial charge is 0.243 e. The number of nitrogens with two attached hydrogens (primary N) is 1. The van der Waals surface area contributed by atoms with Crippen molar-refractivity contribution in [3.63, 3.8) is 0 Å². The molecule has 4 nitrogen and oxygen atoms in total. The summed E-state index contributed by atoms with van der Waals surface area (Å²) < 4.78 is 5.76. The maximum Gasteiger partial charge on any atom is 0.243 e. The predicted octanol–water partition coefficient (Wildman–Crippen LogP) is 2.34. The monoisotopic (exact) mass is 229 g/mol. The first-order valence-corrected chi connectivity index (χ1v) is 5.46. The Morgan fingerprint density at radius 2 is 2.06 bits per heavy atom. The van der Waals surface area contributed by atoms with Gasteiger partial charge in [-0.3, -0.25) is 0 Å². The first-order valence-electron chi connectivity index (χ1n) is 5.46. The summed E-state index contributed by atoms with van der Waals surface area (Å²) >= 11 is 0. The van der Waals surface area contributed by atoms with Gasteiger partial charge in [0.25, 0.3) is 0 Å². The summed E-state index contributed by atoms with van der Waals surface area (Å²) in [7, 11) is 0. The maximum atomic E-state index is 5.76. The van der Waals surface area contributed by atoms with Crippen LogP contribution < -0.4 is 10.5 Å². The van der Waals surface area contributed by atoms with Gasteiger partial charge in [0.1, 0.15) is 5.75 Å². The minimum Gasteiger partial charge on any atom is -0.437 e. The Hall–Kier alpha value is -1.94. The van der Waals surface area contributed by atoms with E-state index in [-0.39, 0.29) is 0 Å². The average Bonchev–Trinajstić information content (AvgIpc) is 2.34. The van der Waals surface area contributed by atoms with E-state index in [1.165, 1.54) is 0 Å². The molecule has 1 heterocycles. The van der Waals surface area contributed by atoms with Crippen LogP contribution in [0, 0.1) is 13.8 Å². The zero-order chi connectivity index (χ0) is 12.3. The largest absolute Gasteiger partial charge is 0.437 e. The topological polar surface area (TPSA) is 61.0 Å². The highest BCUT2D eigenvalue weighted by molar-refractivity contribution is 5.39. The number of hydrogen-bond donors (Lipinski definition) is 1. The third-order valence-electron chi connectivity index (χ3n) is 2.54. The summed E-state index contributed by atoms with van der Waals surface area (Å²) in [6.07, 6.45) is 1.61. The Kier molecular flexibility index (Phi) is 3.35. The molecule has 2 aromatic rings. The van der Waals surface area contributed by atoms with Gasteiger partial charge in [0.15, 0.2) is 0 Å². The molecular formula is C13H15N3O. The number of benzene rings is 1. The zero-order valence-corrected chi connectivity index (χ0v) is 9.97. The second-order valence-electron chi connectivity index (χ2n) is 3.94. The van der Waals surface area contributed by atoms with E-state index in [1.807, 2.05) is 38.1 Å². The van der Waals surface area contributed by atoms with Gasteiger partial charge in [0.05, 0.1) is 6.20 Å². The fraction of sp³-hybridized carbons (Fsp3) is 0.231. The summed E-state index contributed by atoms with van der Waals surface area (Å²) in [5.41, 5.74) is 8.67. The van der Waals surface area contributed by atoms with Gasteiger partial charge in [0.2, 0.25) is 5.88 Å². The SMILES string of the molecule is Cc1ccc(C)c(Oc2nnccc2CN)c1. The molecule has 88 valence electrons.